The standard InChI is InChI=1S/C15H17NO/c1-11(17)8-15(2,3)14-10-16-9-12-6-4-5-7-13(12)14/h4-7,9-10H,8H2,1-3H3. The van der Waals surface area contributed by atoms with Gasteiger partial charge in [-0.15, -0.1) is 0 Å². The van der Waals surface area contributed by atoms with Gasteiger partial charge in [0.25, 0.3) is 0 Å². The van der Waals surface area contributed by atoms with Crippen molar-refractivity contribution in [2.75, 3.05) is 0 Å². The van der Waals surface area contributed by atoms with Crippen LogP contribution < -0.4 is 0 Å². The van der Waals surface area contributed by atoms with Crippen molar-refractivity contribution in [2.45, 2.75) is 32.6 Å². The predicted molar refractivity (Wildman–Crippen MR) is 70.1 cm³/mol. The van der Waals surface area contributed by atoms with E-state index in [1.807, 2.05) is 24.5 Å². The lowest BCUT2D eigenvalue weighted by atomic mass is 9.79. The molecular weight excluding hydrogens is 210 g/mol. The maximum absolute atomic E-state index is 11.3. The third-order valence-electron chi connectivity index (χ3n) is 3.09. The molecule has 0 fully saturated rings. The highest BCUT2D eigenvalue weighted by molar-refractivity contribution is 5.86. The highest BCUT2D eigenvalue weighted by atomic mass is 16.1. The van der Waals surface area contributed by atoms with Crippen LogP contribution in [0.1, 0.15) is 32.8 Å². The molecule has 0 saturated carbocycles. The SMILES string of the molecule is CC(=O)CC(C)(C)c1cncc2ccccc12. The van der Waals surface area contributed by atoms with Gasteiger partial charge in [-0.25, -0.2) is 0 Å². The van der Waals surface area contributed by atoms with E-state index in [0.29, 0.717) is 6.42 Å². The van der Waals surface area contributed by atoms with Gasteiger partial charge in [0.1, 0.15) is 5.78 Å². The summed E-state index contributed by atoms with van der Waals surface area (Å²) >= 11 is 0. The first-order chi connectivity index (χ1) is 8.00. The summed E-state index contributed by atoms with van der Waals surface area (Å²) in [5.74, 6) is 0.211. The molecule has 0 bridgehead atoms. The first-order valence-electron chi connectivity index (χ1n) is 5.83. The maximum atomic E-state index is 11.3. The lowest BCUT2D eigenvalue weighted by Crippen LogP contribution is -2.21. The summed E-state index contributed by atoms with van der Waals surface area (Å²) in [6.07, 6.45) is 4.29. The van der Waals surface area contributed by atoms with Crippen molar-refractivity contribution < 1.29 is 4.79 Å². The van der Waals surface area contributed by atoms with E-state index in [4.69, 9.17) is 0 Å². The fourth-order valence-electron chi connectivity index (χ4n) is 2.37. The van der Waals surface area contributed by atoms with Crippen LogP contribution in [0.25, 0.3) is 10.8 Å². The van der Waals surface area contributed by atoms with Gasteiger partial charge in [-0.3, -0.25) is 9.78 Å². The number of rotatable bonds is 3. The van der Waals surface area contributed by atoms with E-state index >= 15 is 0 Å². The maximum Gasteiger partial charge on any atom is 0.130 e. The molecule has 2 heteroatoms. The van der Waals surface area contributed by atoms with E-state index in [1.54, 1.807) is 6.92 Å². The second-order valence-corrected chi connectivity index (χ2v) is 5.17. The molecule has 88 valence electrons. The molecule has 0 aliphatic heterocycles. The largest absolute Gasteiger partial charge is 0.300 e. The van der Waals surface area contributed by atoms with Gasteiger partial charge in [0.05, 0.1) is 0 Å². The number of Topliss-reactive ketones (excluding diaryl/α,β-unsaturated/α-hetero) is 1. The molecule has 0 radical (unpaired) electrons. The van der Waals surface area contributed by atoms with E-state index in [-0.39, 0.29) is 11.2 Å². The number of benzene rings is 1. The molecular formula is C15H17NO. The van der Waals surface area contributed by atoms with Crippen molar-refractivity contribution >= 4 is 16.6 Å². The van der Waals surface area contributed by atoms with E-state index in [2.05, 4.69) is 31.0 Å². The van der Waals surface area contributed by atoms with Crippen molar-refractivity contribution in [3.63, 3.8) is 0 Å². The number of carbonyl (C=O) groups excluding carboxylic acids is 1. The number of carbonyl (C=O) groups is 1. The van der Waals surface area contributed by atoms with E-state index in [1.165, 1.54) is 5.39 Å². The van der Waals surface area contributed by atoms with Gasteiger partial charge in [0.2, 0.25) is 0 Å². The van der Waals surface area contributed by atoms with Crippen molar-refractivity contribution in [1.29, 1.82) is 0 Å². The minimum absolute atomic E-state index is 0.167. The molecule has 2 rings (SSSR count). The zero-order valence-electron chi connectivity index (χ0n) is 10.5. The normalized spacial score (nSPS) is 11.7. The molecule has 1 aromatic heterocycles. The lowest BCUT2D eigenvalue weighted by Gasteiger charge is -2.25. The summed E-state index contributed by atoms with van der Waals surface area (Å²) in [7, 11) is 0. The van der Waals surface area contributed by atoms with Crippen LogP contribution in [0.5, 0.6) is 0 Å². The molecule has 0 spiro atoms. The molecule has 2 nitrogen and oxygen atoms in total. The molecule has 0 atom stereocenters. The number of nitrogens with zero attached hydrogens (tertiary/aromatic N) is 1. The fraction of sp³-hybridized carbons (Fsp3) is 0.333. The second kappa shape index (κ2) is 4.28. The molecule has 17 heavy (non-hydrogen) atoms. The first kappa shape index (κ1) is 11.8. The minimum atomic E-state index is -0.167. The van der Waals surface area contributed by atoms with Gasteiger partial charge in [0, 0.05) is 24.2 Å². The molecule has 0 saturated heterocycles. The number of ketones is 1. The van der Waals surface area contributed by atoms with Crippen LogP contribution in [-0.2, 0) is 10.2 Å². The Morgan fingerprint density at radius 1 is 1.24 bits per heavy atom. The third-order valence-corrected chi connectivity index (χ3v) is 3.09. The zero-order valence-corrected chi connectivity index (χ0v) is 10.5. The highest BCUT2D eigenvalue weighted by Crippen LogP contribution is 2.32. The van der Waals surface area contributed by atoms with Crippen LogP contribution in [-0.4, -0.2) is 10.8 Å². The molecule has 1 heterocycles. The average molecular weight is 227 g/mol. The van der Waals surface area contributed by atoms with Gasteiger partial charge in [-0.1, -0.05) is 38.1 Å². The van der Waals surface area contributed by atoms with Crippen LogP contribution in [0, 0.1) is 0 Å². The minimum Gasteiger partial charge on any atom is -0.300 e. The Bertz CT molecular complexity index is 552. The number of aromatic nitrogens is 1. The molecule has 1 aromatic carbocycles. The third kappa shape index (κ3) is 2.36. The van der Waals surface area contributed by atoms with E-state index in [0.717, 1.165) is 10.9 Å². The van der Waals surface area contributed by atoms with Gasteiger partial charge in [-0.05, 0) is 23.3 Å². The summed E-state index contributed by atoms with van der Waals surface area (Å²) < 4.78 is 0. The Balaban J connectivity index is 2.58. The zero-order chi connectivity index (χ0) is 12.5. The Morgan fingerprint density at radius 3 is 2.65 bits per heavy atom. The van der Waals surface area contributed by atoms with Gasteiger partial charge < -0.3 is 0 Å². The first-order valence-corrected chi connectivity index (χ1v) is 5.83. The fourth-order valence-corrected chi connectivity index (χ4v) is 2.37. The summed E-state index contributed by atoms with van der Waals surface area (Å²) in [6, 6.07) is 8.17. The topological polar surface area (TPSA) is 30.0 Å². The monoisotopic (exact) mass is 227 g/mol. The van der Waals surface area contributed by atoms with Gasteiger partial charge in [-0.2, -0.15) is 0 Å². The van der Waals surface area contributed by atoms with Crippen molar-refractivity contribution in [2.24, 2.45) is 0 Å². The quantitative estimate of drug-likeness (QED) is 0.803. The summed E-state index contributed by atoms with van der Waals surface area (Å²) in [5.41, 5.74) is 0.977. The van der Waals surface area contributed by atoms with Crippen LogP contribution >= 0.6 is 0 Å². The molecule has 2 aromatic rings. The smallest absolute Gasteiger partial charge is 0.130 e. The van der Waals surface area contributed by atoms with Crippen molar-refractivity contribution in [3.8, 4) is 0 Å². The Morgan fingerprint density at radius 2 is 1.94 bits per heavy atom. The van der Waals surface area contributed by atoms with Gasteiger partial charge >= 0.3 is 0 Å². The Labute approximate surface area is 102 Å². The predicted octanol–water partition coefficient (Wildman–Crippen LogP) is 3.49. The number of hydrogen-bond acceptors (Lipinski definition) is 2. The molecule has 0 aliphatic carbocycles. The molecule has 0 unspecified atom stereocenters. The van der Waals surface area contributed by atoms with Crippen LogP contribution in [0.4, 0.5) is 0 Å². The molecule has 0 aliphatic rings. The van der Waals surface area contributed by atoms with E-state index < -0.39 is 0 Å². The summed E-state index contributed by atoms with van der Waals surface area (Å²) in [5, 5.41) is 2.32. The van der Waals surface area contributed by atoms with Crippen molar-refractivity contribution in [3.05, 3.63) is 42.2 Å². The number of hydrogen-bond donors (Lipinski definition) is 0. The second-order valence-electron chi connectivity index (χ2n) is 5.17. The van der Waals surface area contributed by atoms with Crippen molar-refractivity contribution in [1.82, 2.24) is 4.98 Å². The highest BCUT2D eigenvalue weighted by Gasteiger charge is 2.24. The number of fused-ring (bicyclic) bond motifs is 1. The molecule has 0 N–H and O–H groups in total. The van der Waals surface area contributed by atoms with Crippen LogP contribution in [0.3, 0.4) is 0 Å². The lowest BCUT2D eigenvalue weighted by molar-refractivity contribution is -0.118. The average Bonchev–Trinajstić information content (AvgIpc) is 2.26. The Hall–Kier alpha value is -1.70. The summed E-state index contributed by atoms with van der Waals surface area (Å²) in [6.45, 7) is 5.83. The Kier molecular flexibility index (Phi) is 2.97. The van der Waals surface area contributed by atoms with Crippen LogP contribution in [0.2, 0.25) is 0 Å². The molecule has 0 amide bonds. The van der Waals surface area contributed by atoms with Gasteiger partial charge in [0.15, 0.2) is 0 Å². The van der Waals surface area contributed by atoms with E-state index in [9.17, 15) is 4.79 Å². The van der Waals surface area contributed by atoms with Crippen LogP contribution in [0.15, 0.2) is 36.7 Å². The summed E-state index contributed by atoms with van der Waals surface area (Å²) in [4.78, 5) is 15.6. The number of pyridine rings is 1.